The van der Waals surface area contributed by atoms with Crippen LogP contribution in [0.2, 0.25) is 0 Å². The summed E-state index contributed by atoms with van der Waals surface area (Å²) in [7, 11) is 0. The molecule has 0 radical (unpaired) electrons. The summed E-state index contributed by atoms with van der Waals surface area (Å²) in [5, 5.41) is 18.8. The standard InChI is InChI=1S/C11H19NO3/c1-7-5-12(6-8(7)11(14)15)9-3-2-4-10(9)13/h7-10,13H,2-6H2,1H3,(H,14,15)/t7-,8-,9?,10?/m1/s1. The van der Waals surface area contributed by atoms with E-state index in [1.54, 1.807) is 0 Å². The maximum Gasteiger partial charge on any atom is 0.308 e. The van der Waals surface area contributed by atoms with Crippen LogP contribution < -0.4 is 0 Å². The van der Waals surface area contributed by atoms with Crippen molar-refractivity contribution in [1.82, 2.24) is 4.90 Å². The third-order valence-corrected chi connectivity index (χ3v) is 3.87. The molecule has 2 unspecified atom stereocenters. The molecule has 1 saturated heterocycles. The maximum atomic E-state index is 11.0. The lowest BCUT2D eigenvalue weighted by Gasteiger charge is -2.26. The Kier molecular flexibility index (Phi) is 2.98. The first kappa shape index (κ1) is 10.9. The SMILES string of the molecule is C[C@@H]1CN(C2CCCC2O)C[C@H]1C(=O)O. The highest BCUT2D eigenvalue weighted by Gasteiger charge is 2.40. The topological polar surface area (TPSA) is 60.8 Å². The van der Waals surface area contributed by atoms with Crippen molar-refractivity contribution in [2.75, 3.05) is 13.1 Å². The zero-order chi connectivity index (χ0) is 11.0. The molecule has 2 rings (SSSR count). The van der Waals surface area contributed by atoms with Gasteiger partial charge in [-0.05, 0) is 25.2 Å². The Morgan fingerprint density at radius 2 is 2.07 bits per heavy atom. The first-order valence-electron chi connectivity index (χ1n) is 5.74. The Bertz CT molecular complexity index is 256. The summed E-state index contributed by atoms with van der Waals surface area (Å²) in [5.41, 5.74) is 0. The Morgan fingerprint density at radius 1 is 1.33 bits per heavy atom. The minimum Gasteiger partial charge on any atom is -0.481 e. The third kappa shape index (κ3) is 2.01. The number of rotatable bonds is 2. The molecule has 0 spiro atoms. The van der Waals surface area contributed by atoms with Gasteiger partial charge in [-0.3, -0.25) is 9.69 Å². The number of carboxylic acid groups (broad SMARTS) is 1. The predicted octanol–water partition coefficient (Wildman–Crippen LogP) is 0.552. The molecule has 4 nitrogen and oxygen atoms in total. The lowest BCUT2D eigenvalue weighted by molar-refractivity contribution is -0.142. The summed E-state index contributed by atoms with van der Waals surface area (Å²) < 4.78 is 0. The molecule has 0 aromatic rings. The highest BCUT2D eigenvalue weighted by Crippen LogP contribution is 2.31. The van der Waals surface area contributed by atoms with E-state index in [1.165, 1.54) is 0 Å². The van der Waals surface area contributed by atoms with Gasteiger partial charge in [0.1, 0.15) is 0 Å². The van der Waals surface area contributed by atoms with Crippen LogP contribution in [-0.4, -0.2) is 46.3 Å². The van der Waals surface area contributed by atoms with E-state index in [0.717, 1.165) is 25.8 Å². The van der Waals surface area contributed by atoms with E-state index in [2.05, 4.69) is 4.90 Å². The summed E-state index contributed by atoms with van der Waals surface area (Å²) in [6, 6.07) is 0.205. The quantitative estimate of drug-likeness (QED) is 0.703. The van der Waals surface area contributed by atoms with Gasteiger partial charge >= 0.3 is 5.97 Å². The van der Waals surface area contributed by atoms with E-state index in [4.69, 9.17) is 5.11 Å². The molecule has 2 N–H and O–H groups in total. The van der Waals surface area contributed by atoms with Crippen LogP contribution in [0.1, 0.15) is 26.2 Å². The first-order valence-corrected chi connectivity index (χ1v) is 5.74. The minimum atomic E-state index is -0.697. The molecular weight excluding hydrogens is 194 g/mol. The number of aliphatic hydroxyl groups excluding tert-OH is 1. The third-order valence-electron chi connectivity index (χ3n) is 3.87. The molecule has 0 amide bonds. The largest absolute Gasteiger partial charge is 0.481 e. The van der Waals surface area contributed by atoms with E-state index >= 15 is 0 Å². The van der Waals surface area contributed by atoms with Crippen molar-refractivity contribution in [3.05, 3.63) is 0 Å². The Morgan fingerprint density at radius 3 is 2.53 bits per heavy atom. The molecule has 15 heavy (non-hydrogen) atoms. The molecule has 1 heterocycles. The normalized spacial score (nSPS) is 42.3. The van der Waals surface area contributed by atoms with Gasteiger partial charge < -0.3 is 10.2 Å². The van der Waals surface area contributed by atoms with Crippen molar-refractivity contribution in [3.63, 3.8) is 0 Å². The van der Waals surface area contributed by atoms with Gasteiger partial charge in [-0.15, -0.1) is 0 Å². The van der Waals surface area contributed by atoms with Gasteiger partial charge in [-0.1, -0.05) is 6.92 Å². The number of hydrogen-bond donors (Lipinski definition) is 2. The van der Waals surface area contributed by atoms with Gasteiger partial charge in [0.05, 0.1) is 12.0 Å². The Labute approximate surface area is 89.9 Å². The van der Waals surface area contributed by atoms with Crippen LogP contribution in [0, 0.1) is 11.8 Å². The highest BCUT2D eigenvalue weighted by molar-refractivity contribution is 5.71. The second kappa shape index (κ2) is 4.10. The molecule has 4 heteroatoms. The van der Waals surface area contributed by atoms with Crippen LogP contribution in [0.25, 0.3) is 0 Å². The van der Waals surface area contributed by atoms with Gasteiger partial charge in [0.15, 0.2) is 0 Å². The summed E-state index contributed by atoms with van der Waals surface area (Å²) in [4.78, 5) is 13.1. The zero-order valence-electron chi connectivity index (χ0n) is 9.09. The average Bonchev–Trinajstić information content (AvgIpc) is 2.71. The van der Waals surface area contributed by atoms with Crippen molar-refractivity contribution in [2.45, 2.75) is 38.3 Å². The second-order valence-electron chi connectivity index (χ2n) is 4.94. The Balaban J connectivity index is 1.99. The van der Waals surface area contributed by atoms with Crippen LogP contribution in [0.5, 0.6) is 0 Å². The average molecular weight is 213 g/mol. The lowest BCUT2D eigenvalue weighted by Crippen LogP contribution is -2.39. The van der Waals surface area contributed by atoms with Crippen LogP contribution in [0.15, 0.2) is 0 Å². The molecule has 2 aliphatic rings. The van der Waals surface area contributed by atoms with Gasteiger partial charge in [0, 0.05) is 19.1 Å². The number of aliphatic carboxylic acids is 1. The number of likely N-dealkylation sites (tertiary alicyclic amines) is 1. The summed E-state index contributed by atoms with van der Waals surface area (Å²) in [6.07, 6.45) is 2.70. The zero-order valence-corrected chi connectivity index (χ0v) is 9.09. The van der Waals surface area contributed by atoms with Crippen molar-refractivity contribution in [1.29, 1.82) is 0 Å². The van der Waals surface area contributed by atoms with E-state index in [0.29, 0.717) is 6.54 Å². The number of hydrogen-bond acceptors (Lipinski definition) is 3. The number of carbonyl (C=O) groups is 1. The van der Waals surface area contributed by atoms with Gasteiger partial charge in [0.2, 0.25) is 0 Å². The number of nitrogens with zero attached hydrogens (tertiary/aromatic N) is 1. The van der Waals surface area contributed by atoms with Crippen LogP contribution in [0.3, 0.4) is 0 Å². The van der Waals surface area contributed by atoms with Crippen molar-refractivity contribution < 1.29 is 15.0 Å². The highest BCUT2D eigenvalue weighted by atomic mass is 16.4. The lowest BCUT2D eigenvalue weighted by atomic mass is 9.99. The molecule has 2 fully saturated rings. The number of carboxylic acids is 1. The van der Waals surface area contributed by atoms with Crippen LogP contribution in [-0.2, 0) is 4.79 Å². The molecule has 0 aromatic carbocycles. The van der Waals surface area contributed by atoms with Crippen molar-refractivity contribution >= 4 is 5.97 Å². The van der Waals surface area contributed by atoms with Gasteiger partial charge in [0.25, 0.3) is 0 Å². The van der Waals surface area contributed by atoms with Crippen molar-refractivity contribution in [2.24, 2.45) is 11.8 Å². The predicted molar refractivity (Wildman–Crippen MR) is 55.5 cm³/mol. The van der Waals surface area contributed by atoms with E-state index in [-0.39, 0.29) is 24.0 Å². The molecule has 1 aliphatic heterocycles. The fraction of sp³-hybridized carbons (Fsp3) is 0.909. The second-order valence-corrected chi connectivity index (χ2v) is 4.94. The molecule has 1 aliphatic carbocycles. The number of aliphatic hydroxyl groups is 1. The van der Waals surface area contributed by atoms with Crippen LogP contribution >= 0.6 is 0 Å². The summed E-state index contributed by atoms with van der Waals surface area (Å²) in [6.45, 7) is 3.41. The summed E-state index contributed by atoms with van der Waals surface area (Å²) in [5.74, 6) is -0.745. The minimum absolute atomic E-state index is 0.204. The van der Waals surface area contributed by atoms with E-state index < -0.39 is 5.97 Å². The molecular formula is C11H19NO3. The van der Waals surface area contributed by atoms with Crippen molar-refractivity contribution in [3.8, 4) is 0 Å². The molecule has 1 saturated carbocycles. The Hall–Kier alpha value is -0.610. The van der Waals surface area contributed by atoms with Gasteiger partial charge in [-0.25, -0.2) is 0 Å². The van der Waals surface area contributed by atoms with Crippen LogP contribution in [0.4, 0.5) is 0 Å². The smallest absolute Gasteiger partial charge is 0.308 e. The molecule has 86 valence electrons. The molecule has 0 bridgehead atoms. The monoisotopic (exact) mass is 213 g/mol. The molecule has 4 atom stereocenters. The first-order chi connectivity index (χ1) is 7.09. The molecule has 0 aromatic heterocycles. The fourth-order valence-electron chi connectivity index (χ4n) is 2.94. The maximum absolute atomic E-state index is 11.0. The summed E-state index contributed by atoms with van der Waals surface area (Å²) >= 11 is 0. The fourth-order valence-corrected chi connectivity index (χ4v) is 2.94. The van der Waals surface area contributed by atoms with Gasteiger partial charge in [-0.2, -0.15) is 0 Å². The van der Waals surface area contributed by atoms with E-state index in [9.17, 15) is 9.90 Å². The van der Waals surface area contributed by atoms with E-state index in [1.807, 2.05) is 6.92 Å².